The van der Waals surface area contributed by atoms with Crippen molar-refractivity contribution < 1.29 is 9.59 Å². The number of hydrogen-bond acceptors (Lipinski definition) is 3. The number of aromatic nitrogens is 2. The summed E-state index contributed by atoms with van der Waals surface area (Å²) in [4.78, 5) is 33.9. The Bertz CT molecular complexity index is 869. The van der Waals surface area contributed by atoms with Crippen molar-refractivity contribution in [3.8, 4) is 0 Å². The lowest BCUT2D eigenvalue weighted by Crippen LogP contribution is -2.40. The number of para-hydroxylation sites is 2. The second-order valence-electron chi connectivity index (χ2n) is 8.38. The molecule has 0 aliphatic carbocycles. The normalized spacial score (nSPS) is 19.8. The third-order valence-electron chi connectivity index (χ3n) is 6.28. The number of imidazole rings is 1. The number of nitrogens with zero attached hydrogens (tertiary/aromatic N) is 4. The number of aryl methyl sites for hydroxylation is 1. The number of carbonyl (C=O) groups is 2. The SMILES string of the molecule is CCCn1c(C2CCCN(C(=O)CCC(=O)N3CCCC3)C2)nc2ccccc21. The minimum absolute atomic E-state index is 0.111. The molecule has 0 bridgehead atoms. The highest BCUT2D eigenvalue weighted by Crippen LogP contribution is 2.30. The van der Waals surface area contributed by atoms with E-state index in [9.17, 15) is 9.59 Å². The van der Waals surface area contributed by atoms with Crippen LogP contribution in [0.15, 0.2) is 24.3 Å². The van der Waals surface area contributed by atoms with Crippen molar-refractivity contribution in [2.45, 2.75) is 64.3 Å². The molecule has 4 rings (SSSR count). The summed E-state index contributed by atoms with van der Waals surface area (Å²) in [7, 11) is 0. The maximum Gasteiger partial charge on any atom is 0.223 e. The summed E-state index contributed by atoms with van der Waals surface area (Å²) in [6.45, 7) is 6.35. The molecular formula is C23H32N4O2. The fourth-order valence-corrected chi connectivity index (χ4v) is 4.78. The molecule has 0 saturated carbocycles. The van der Waals surface area contributed by atoms with E-state index in [1.807, 2.05) is 15.9 Å². The number of benzene rings is 1. The van der Waals surface area contributed by atoms with Crippen molar-refractivity contribution in [2.75, 3.05) is 26.2 Å². The van der Waals surface area contributed by atoms with E-state index in [2.05, 4.69) is 29.7 Å². The van der Waals surface area contributed by atoms with E-state index in [1.165, 1.54) is 5.52 Å². The van der Waals surface area contributed by atoms with Gasteiger partial charge in [0.1, 0.15) is 5.82 Å². The maximum absolute atomic E-state index is 12.8. The zero-order valence-electron chi connectivity index (χ0n) is 17.5. The highest BCUT2D eigenvalue weighted by Gasteiger charge is 2.29. The number of rotatable bonds is 6. The van der Waals surface area contributed by atoms with Gasteiger partial charge in [0.05, 0.1) is 11.0 Å². The first kappa shape index (κ1) is 19.9. The van der Waals surface area contributed by atoms with Crippen LogP contribution in [0.2, 0.25) is 0 Å². The van der Waals surface area contributed by atoms with Gasteiger partial charge in [-0.3, -0.25) is 9.59 Å². The molecule has 29 heavy (non-hydrogen) atoms. The molecule has 2 aliphatic heterocycles. The smallest absolute Gasteiger partial charge is 0.223 e. The van der Waals surface area contributed by atoms with E-state index in [0.717, 1.165) is 69.6 Å². The molecule has 2 aromatic rings. The number of hydrogen-bond donors (Lipinski definition) is 0. The van der Waals surface area contributed by atoms with Crippen LogP contribution in [0.5, 0.6) is 0 Å². The standard InChI is InChI=1S/C23H32N4O2/c1-2-13-27-20-10-4-3-9-19(20)24-23(27)18-8-7-16-26(17-18)22(29)12-11-21(28)25-14-5-6-15-25/h3-4,9-10,18H,2,5-8,11-17H2,1H3. The van der Waals surface area contributed by atoms with Crippen LogP contribution in [0, 0.1) is 0 Å². The van der Waals surface area contributed by atoms with Gasteiger partial charge in [0.15, 0.2) is 0 Å². The van der Waals surface area contributed by atoms with E-state index in [1.54, 1.807) is 0 Å². The molecule has 6 nitrogen and oxygen atoms in total. The summed E-state index contributed by atoms with van der Waals surface area (Å²) in [6, 6.07) is 8.30. The summed E-state index contributed by atoms with van der Waals surface area (Å²) in [6.07, 6.45) is 5.96. The van der Waals surface area contributed by atoms with Gasteiger partial charge in [-0.25, -0.2) is 4.98 Å². The summed E-state index contributed by atoms with van der Waals surface area (Å²) < 4.78 is 2.34. The van der Waals surface area contributed by atoms with E-state index in [0.29, 0.717) is 19.4 Å². The Morgan fingerprint density at radius 2 is 1.69 bits per heavy atom. The van der Waals surface area contributed by atoms with Crippen molar-refractivity contribution in [3.63, 3.8) is 0 Å². The van der Waals surface area contributed by atoms with Crippen LogP contribution in [-0.2, 0) is 16.1 Å². The predicted octanol–water partition coefficient (Wildman–Crippen LogP) is 3.55. The molecule has 3 heterocycles. The fraction of sp³-hybridized carbons (Fsp3) is 0.609. The topological polar surface area (TPSA) is 58.4 Å². The Hall–Kier alpha value is -2.37. The number of piperidine rings is 1. The van der Waals surface area contributed by atoms with Crippen molar-refractivity contribution in [1.82, 2.24) is 19.4 Å². The van der Waals surface area contributed by atoms with Gasteiger partial charge in [0, 0.05) is 51.5 Å². The van der Waals surface area contributed by atoms with E-state index >= 15 is 0 Å². The lowest BCUT2D eigenvalue weighted by Gasteiger charge is -2.33. The Labute approximate surface area is 172 Å². The first-order chi connectivity index (χ1) is 14.2. The van der Waals surface area contributed by atoms with Gasteiger partial charge >= 0.3 is 0 Å². The molecule has 0 radical (unpaired) electrons. The second-order valence-corrected chi connectivity index (χ2v) is 8.38. The maximum atomic E-state index is 12.8. The summed E-state index contributed by atoms with van der Waals surface area (Å²) in [5, 5.41) is 0. The van der Waals surface area contributed by atoms with Gasteiger partial charge in [0.25, 0.3) is 0 Å². The van der Waals surface area contributed by atoms with Gasteiger partial charge in [-0.15, -0.1) is 0 Å². The lowest BCUT2D eigenvalue weighted by molar-refractivity contribution is -0.137. The van der Waals surface area contributed by atoms with Crippen molar-refractivity contribution in [3.05, 3.63) is 30.1 Å². The lowest BCUT2D eigenvalue weighted by atomic mass is 9.96. The highest BCUT2D eigenvalue weighted by molar-refractivity contribution is 5.84. The molecule has 1 atom stereocenters. The molecule has 1 aromatic carbocycles. The number of carbonyl (C=O) groups excluding carboxylic acids is 2. The van der Waals surface area contributed by atoms with Gasteiger partial charge in [-0.05, 0) is 44.2 Å². The third-order valence-corrected chi connectivity index (χ3v) is 6.28. The third kappa shape index (κ3) is 4.31. The van der Waals surface area contributed by atoms with E-state index in [4.69, 9.17) is 4.98 Å². The highest BCUT2D eigenvalue weighted by atomic mass is 16.2. The summed E-state index contributed by atoms with van der Waals surface area (Å²) in [5.74, 6) is 1.62. The van der Waals surface area contributed by atoms with Gasteiger partial charge in [-0.1, -0.05) is 19.1 Å². The van der Waals surface area contributed by atoms with Crippen molar-refractivity contribution in [1.29, 1.82) is 0 Å². The summed E-state index contributed by atoms with van der Waals surface area (Å²) >= 11 is 0. The molecule has 0 spiro atoms. The molecule has 2 aliphatic rings. The van der Waals surface area contributed by atoms with Crippen molar-refractivity contribution in [2.24, 2.45) is 0 Å². The van der Waals surface area contributed by atoms with Crippen LogP contribution in [0.3, 0.4) is 0 Å². The number of amides is 2. The van der Waals surface area contributed by atoms with Crippen LogP contribution < -0.4 is 0 Å². The molecule has 0 N–H and O–H groups in total. The molecule has 156 valence electrons. The molecule has 1 unspecified atom stereocenters. The van der Waals surface area contributed by atoms with Crippen molar-refractivity contribution >= 4 is 22.8 Å². The molecule has 2 amide bonds. The predicted molar refractivity (Wildman–Crippen MR) is 114 cm³/mol. The van der Waals surface area contributed by atoms with Crippen LogP contribution in [0.4, 0.5) is 0 Å². The Balaban J connectivity index is 1.43. The van der Waals surface area contributed by atoms with E-state index in [-0.39, 0.29) is 17.7 Å². The minimum atomic E-state index is 0.111. The number of likely N-dealkylation sites (tertiary alicyclic amines) is 2. The van der Waals surface area contributed by atoms with Crippen LogP contribution in [0.1, 0.15) is 63.6 Å². The first-order valence-corrected chi connectivity index (χ1v) is 11.2. The largest absolute Gasteiger partial charge is 0.343 e. The average molecular weight is 397 g/mol. The Kier molecular flexibility index (Phi) is 6.16. The monoisotopic (exact) mass is 396 g/mol. The fourth-order valence-electron chi connectivity index (χ4n) is 4.78. The summed E-state index contributed by atoms with van der Waals surface area (Å²) in [5.41, 5.74) is 2.22. The Morgan fingerprint density at radius 1 is 1.00 bits per heavy atom. The van der Waals surface area contributed by atoms with Crippen LogP contribution in [-0.4, -0.2) is 57.3 Å². The van der Waals surface area contributed by atoms with Gasteiger partial charge < -0.3 is 14.4 Å². The zero-order chi connectivity index (χ0) is 20.2. The van der Waals surface area contributed by atoms with Crippen LogP contribution in [0.25, 0.3) is 11.0 Å². The number of fused-ring (bicyclic) bond motifs is 1. The quantitative estimate of drug-likeness (QED) is 0.750. The van der Waals surface area contributed by atoms with E-state index < -0.39 is 0 Å². The molecular weight excluding hydrogens is 364 g/mol. The molecule has 1 aromatic heterocycles. The first-order valence-electron chi connectivity index (χ1n) is 11.2. The minimum Gasteiger partial charge on any atom is -0.343 e. The average Bonchev–Trinajstić information content (AvgIpc) is 3.41. The zero-order valence-corrected chi connectivity index (χ0v) is 17.5. The second kappa shape index (κ2) is 8.97. The van der Waals surface area contributed by atoms with Gasteiger partial charge in [-0.2, -0.15) is 0 Å². The molecule has 2 saturated heterocycles. The van der Waals surface area contributed by atoms with Crippen LogP contribution >= 0.6 is 0 Å². The molecule has 2 fully saturated rings. The molecule has 6 heteroatoms. The Morgan fingerprint density at radius 3 is 2.45 bits per heavy atom. The van der Waals surface area contributed by atoms with Gasteiger partial charge in [0.2, 0.25) is 11.8 Å².